The SMILES string of the molecule is NN1CC12CCC(n1cc3c(nc1=O)Nc1c(OCCCOCc4ccccc4)cccc1O3)CC2. The summed E-state index contributed by atoms with van der Waals surface area (Å²) in [4.78, 5) is 17.2. The predicted molar refractivity (Wildman–Crippen MR) is 136 cm³/mol. The van der Waals surface area contributed by atoms with Crippen LogP contribution in [0.3, 0.4) is 0 Å². The summed E-state index contributed by atoms with van der Waals surface area (Å²) >= 11 is 0. The summed E-state index contributed by atoms with van der Waals surface area (Å²) in [6.45, 7) is 2.64. The van der Waals surface area contributed by atoms with Crippen LogP contribution in [0.25, 0.3) is 0 Å². The van der Waals surface area contributed by atoms with Crippen molar-refractivity contribution in [3.63, 3.8) is 0 Å². The Morgan fingerprint density at radius 1 is 1.08 bits per heavy atom. The molecule has 0 radical (unpaired) electrons. The van der Waals surface area contributed by atoms with Gasteiger partial charge in [-0.25, -0.2) is 9.80 Å². The van der Waals surface area contributed by atoms with Crippen LogP contribution in [-0.4, -0.2) is 39.9 Å². The van der Waals surface area contributed by atoms with Crippen molar-refractivity contribution >= 4 is 11.5 Å². The van der Waals surface area contributed by atoms with Crippen molar-refractivity contribution in [2.24, 2.45) is 5.84 Å². The van der Waals surface area contributed by atoms with E-state index in [1.54, 1.807) is 10.8 Å². The molecule has 0 amide bonds. The Morgan fingerprint density at radius 2 is 1.89 bits per heavy atom. The standard InChI is InChI=1S/C27H31N5O4/c28-32-18-27(32)12-10-20(11-13-27)31-16-23-25(30-26(31)33)29-24-21(8-4-9-22(24)36-23)35-15-5-14-34-17-19-6-2-1-3-7-19/h1-4,6-9,16,20H,5,10-15,17-18,28H2,(H,29,30,33). The lowest BCUT2D eigenvalue weighted by molar-refractivity contribution is 0.107. The van der Waals surface area contributed by atoms with Crippen LogP contribution in [-0.2, 0) is 11.3 Å². The molecular formula is C27H31N5O4. The molecule has 3 aliphatic rings. The molecule has 6 rings (SSSR count). The first-order valence-electron chi connectivity index (χ1n) is 12.6. The molecule has 9 nitrogen and oxygen atoms in total. The van der Waals surface area contributed by atoms with Gasteiger partial charge in [0.05, 0.1) is 26.0 Å². The van der Waals surface area contributed by atoms with Crippen molar-refractivity contribution in [3.05, 3.63) is 70.8 Å². The van der Waals surface area contributed by atoms with Crippen LogP contribution < -0.4 is 26.3 Å². The van der Waals surface area contributed by atoms with E-state index >= 15 is 0 Å². The summed E-state index contributed by atoms with van der Waals surface area (Å²) in [5, 5.41) is 5.17. The van der Waals surface area contributed by atoms with Gasteiger partial charge in [0.1, 0.15) is 11.4 Å². The fraction of sp³-hybridized carbons (Fsp3) is 0.407. The third-order valence-electron chi connectivity index (χ3n) is 7.42. The van der Waals surface area contributed by atoms with Crippen LogP contribution in [0.4, 0.5) is 11.5 Å². The zero-order valence-corrected chi connectivity index (χ0v) is 20.2. The van der Waals surface area contributed by atoms with E-state index in [0.717, 1.165) is 44.2 Å². The maximum Gasteiger partial charge on any atom is 0.350 e. The lowest BCUT2D eigenvalue weighted by Gasteiger charge is -2.30. The smallest absolute Gasteiger partial charge is 0.350 e. The second-order valence-electron chi connectivity index (χ2n) is 9.82. The Kier molecular flexibility index (Phi) is 6.12. The summed E-state index contributed by atoms with van der Waals surface area (Å²) in [6.07, 6.45) is 6.35. The van der Waals surface area contributed by atoms with Crippen LogP contribution >= 0.6 is 0 Å². The molecule has 0 bridgehead atoms. The van der Waals surface area contributed by atoms with E-state index in [-0.39, 0.29) is 17.3 Å². The van der Waals surface area contributed by atoms with Crippen LogP contribution in [0.2, 0.25) is 0 Å². The number of nitrogens with one attached hydrogen (secondary N) is 1. The summed E-state index contributed by atoms with van der Waals surface area (Å²) in [6, 6.07) is 15.9. The van der Waals surface area contributed by atoms with Crippen LogP contribution in [0.1, 0.15) is 43.7 Å². The zero-order valence-electron chi connectivity index (χ0n) is 20.2. The normalized spacial score (nSPS) is 23.8. The molecule has 2 aliphatic heterocycles. The number of nitrogens with two attached hydrogens (primary N) is 1. The van der Waals surface area contributed by atoms with Gasteiger partial charge in [-0.15, -0.1) is 0 Å². The molecule has 188 valence electrons. The number of para-hydroxylation sites is 1. The second kappa shape index (κ2) is 9.57. The quantitative estimate of drug-likeness (QED) is 0.216. The Morgan fingerprint density at radius 3 is 2.67 bits per heavy atom. The van der Waals surface area contributed by atoms with Gasteiger partial charge < -0.3 is 19.5 Å². The number of anilines is 2. The summed E-state index contributed by atoms with van der Waals surface area (Å²) in [5.41, 5.74) is 1.71. The number of aromatic nitrogens is 2. The number of hydrazine groups is 1. The number of hydrogen-bond acceptors (Lipinski definition) is 8. The molecule has 3 N–H and O–H groups in total. The molecular weight excluding hydrogens is 458 g/mol. The van der Waals surface area contributed by atoms with Crippen molar-refractivity contribution < 1.29 is 14.2 Å². The van der Waals surface area contributed by atoms with Gasteiger partial charge in [-0.05, 0) is 43.4 Å². The Hall–Kier alpha value is -3.40. The first-order chi connectivity index (χ1) is 17.6. The first-order valence-corrected chi connectivity index (χ1v) is 12.6. The average molecular weight is 490 g/mol. The van der Waals surface area contributed by atoms with Crippen molar-refractivity contribution in [2.45, 2.75) is 50.3 Å². The lowest BCUT2D eigenvalue weighted by Crippen LogP contribution is -2.34. The Labute approximate surface area is 209 Å². The van der Waals surface area contributed by atoms with Crippen molar-refractivity contribution in [2.75, 3.05) is 25.1 Å². The van der Waals surface area contributed by atoms with E-state index in [0.29, 0.717) is 48.6 Å². The molecule has 1 atom stereocenters. The predicted octanol–water partition coefficient (Wildman–Crippen LogP) is 4.12. The fourth-order valence-corrected chi connectivity index (χ4v) is 5.21. The highest BCUT2D eigenvalue weighted by Gasteiger charge is 2.52. The Balaban J connectivity index is 1.07. The highest BCUT2D eigenvalue weighted by molar-refractivity contribution is 5.77. The van der Waals surface area contributed by atoms with Gasteiger partial charge in [0.25, 0.3) is 0 Å². The number of hydrogen-bond donors (Lipinski definition) is 2. The van der Waals surface area contributed by atoms with E-state index < -0.39 is 0 Å². The average Bonchev–Trinajstić information content (AvgIpc) is 3.53. The van der Waals surface area contributed by atoms with Gasteiger partial charge in [0, 0.05) is 24.5 Å². The zero-order chi connectivity index (χ0) is 24.5. The number of rotatable bonds is 8. The molecule has 36 heavy (non-hydrogen) atoms. The van der Waals surface area contributed by atoms with Crippen LogP contribution in [0.15, 0.2) is 59.5 Å². The van der Waals surface area contributed by atoms with E-state index in [2.05, 4.69) is 10.3 Å². The molecule has 2 aromatic carbocycles. The molecule has 1 spiro atoms. The molecule has 1 saturated heterocycles. The van der Waals surface area contributed by atoms with Crippen LogP contribution in [0, 0.1) is 0 Å². The van der Waals surface area contributed by atoms with Crippen LogP contribution in [0.5, 0.6) is 17.2 Å². The first kappa shape index (κ1) is 23.0. The van der Waals surface area contributed by atoms with Gasteiger partial charge in [-0.1, -0.05) is 36.4 Å². The number of ether oxygens (including phenoxy) is 3. The highest BCUT2D eigenvalue weighted by atomic mass is 16.5. The van der Waals surface area contributed by atoms with Crippen molar-refractivity contribution in [1.82, 2.24) is 14.6 Å². The largest absolute Gasteiger partial charge is 0.491 e. The minimum absolute atomic E-state index is 0.110. The van der Waals surface area contributed by atoms with Gasteiger partial charge in [0.2, 0.25) is 0 Å². The molecule has 9 heteroatoms. The number of nitrogens with zero attached hydrogens (tertiary/aromatic N) is 3. The second-order valence-corrected chi connectivity index (χ2v) is 9.82. The van der Waals surface area contributed by atoms with E-state index in [1.165, 1.54) is 0 Å². The van der Waals surface area contributed by atoms with Gasteiger partial charge in [-0.2, -0.15) is 4.98 Å². The minimum Gasteiger partial charge on any atom is -0.491 e. The Bertz CT molecular complexity index is 1290. The van der Waals surface area contributed by atoms with E-state index in [4.69, 9.17) is 20.1 Å². The summed E-state index contributed by atoms with van der Waals surface area (Å²) in [5.74, 6) is 8.23. The lowest BCUT2D eigenvalue weighted by atomic mass is 9.85. The van der Waals surface area contributed by atoms with Gasteiger partial charge >= 0.3 is 5.69 Å². The number of fused-ring (bicyclic) bond motifs is 2. The highest BCUT2D eigenvalue weighted by Crippen LogP contribution is 2.47. The van der Waals surface area contributed by atoms with Gasteiger partial charge in [-0.3, -0.25) is 10.4 Å². The molecule has 1 saturated carbocycles. The fourth-order valence-electron chi connectivity index (χ4n) is 5.21. The van der Waals surface area contributed by atoms with Gasteiger partial charge in [0.15, 0.2) is 17.3 Å². The van der Waals surface area contributed by atoms with E-state index in [9.17, 15) is 4.79 Å². The summed E-state index contributed by atoms with van der Waals surface area (Å²) in [7, 11) is 0. The molecule has 3 aromatic rings. The number of benzene rings is 2. The molecule has 1 aromatic heterocycles. The monoisotopic (exact) mass is 489 g/mol. The molecule has 3 heterocycles. The maximum absolute atomic E-state index is 12.9. The molecule has 1 unspecified atom stereocenters. The maximum atomic E-state index is 12.9. The topological polar surface area (TPSA) is 104 Å². The van der Waals surface area contributed by atoms with E-state index in [1.807, 2.05) is 53.5 Å². The summed E-state index contributed by atoms with van der Waals surface area (Å²) < 4.78 is 19.6. The molecule has 2 fully saturated rings. The molecule has 1 aliphatic carbocycles. The van der Waals surface area contributed by atoms with Crippen molar-refractivity contribution in [1.29, 1.82) is 0 Å². The minimum atomic E-state index is -0.274. The third kappa shape index (κ3) is 4.57. The third-order valence-corrected chi connectivity index (χ3v) is 7.42. The van der Waals surface area contributed by atoms with Crippen molar-refractivity contribution in [3.8, 4) is 17.2 Å².